The zero-order valence-corrected chi connectivity index (χ0v) is 16.4. The molecule has 1 aromatic carbocycles. The Hall–Kier alpha value is 0.616. The molecule has 20 heavy (non-hydrogen) atoms. The Kier molecular flexibility index (Phi) is 4.55. The van der Waals surface area contributed by atoms with Crippen molar-refractivity contribution in [3.8, 4) is 5.75 Å². The van der Waals surface area contributed by atoms with E-state index in [0.29, 0.717) is 5.92 Å². The molecule has 0 N–H and O–H groups in total. The second-order valence-electron chi connectivity index (χ2n) is 7.05. The van der Waals surface area contributed by atoms with Crippen molar-refractivity contribution in [3.63, 3.8) is 0 Å². The molecule has 0 spiro atoms. The Bertz CT molecular complexity index is 496. The Morgan fingerprint density at radius 3 is 2.15 bits per heavy atom. The standard InChI is InChI=1S/C17H23O2.K/c1-15(2)13-9-10-16(15,3)17(18,11-13)12-5-7-14(19-4)8-6-12;/h5-8,13H,9-11H2,1-4H3;/q-1;+1/t13-,16-,17+;/m1./s1. The van der Waals surface area contributed by atoms with Gasteiger partial charge in [-0.15, -0.1) is 0 Å². The molecule has 2 saturated carbocycles. The number of fused-ring (bicyclic) bond motifs is 2. The first kappa shape index (κ1) is 17.0. The maximum atomic E-state index is 13.6. The van der Waals surface area contributed by atoms with Gasteiger partial charge in [-0.3, -0.25) is 0 Å². The molecule has 0 unspecified atom stereocenters. The molecule has 0 amide bonds. The predicted octanol–water partition coefficient (Wildman–Crippen LogP) is 0.101. The van der Waals surface area contributed by atoms with E-state index in [2.05, 4.69) is 20.8 Å². The summed E-state index contributed by atoms with van der Waals surface area (Å²) in [6.07, 6.45) is 3.05. The van der Waals surface area contributed by atoms with E-state index in [9.17, 15) is 5.11 Å². The van der Waals surface area contributed by atoms with Gasteiger partial charge in [0.1, 0.15) is 5.75 Å². The van der Waals surface area contributed by atoms with Crippen molar-refractivity contribution in [2.75, 3.05) is 7.11 Å². The minimum atomic E-state index is -0.939. The van der Waals surface area contributed by atoms with Crippen molar-refractivity contribution in [1.82, 2.24) is 0 Å². The molecule has 0 saturated heterocycles. The number of benzene rings is 1. The molecule has 3 heteroatoms. The first-order chi connectivity index (χ1) is 8.85. The van der Waals surface area contributed by atoms with E-state index in [4.69, 9.17) is 4.74 Å². The van der Waals surface area contributed by atoms with Gasteiger partial charge >= 0.3 is 51.4 Å². The van der Waals surface area contributed by atoms with Crippen molar-refractivity contribution >= 4 is 0 Å². The van der Waals surface area contributed by atoms with Gasteiger partial charge in [-0.05, 0) is 41.7 Å². The average molecular weight is 298 g/mol. The smallest absolute Gasteiger partial charge is 0.846 e. The molecule has 3 atom stereocenters. The third-order valence-electron chi connectivity index (χ3n) is 6.42. The first-order valence-corrected chi connectivity index (χ1v) is 7.20. The second kappa shape index (κ2) is 5.36. The topological polar surface area (TPSA) is 32.3 Å². The minimum absolute atomic E-state index is 0. The van der Waals surface area contributed by atoms with E-state index < -0.39 is 5.60 Å². The van der Waals surface area contributed by atoms with Crippen LogP contribution in [0.3, 0.4) is 0 Å². The van der Waals surface area contributed by atoms with E-state index in [1.807, 2.05) is 24.3 Å². The van der Waals surface area contributed by atoms with Gasteiger partial charge in [0.2, 0.25) is 0 Å². The van der Waals surface area contributed by atoms with Crippen LogP contribution in [0.25, 0.3) is 0 Å². The van der Waals surface area contributed by atoms with Crippen LogP contribution in [0.2, 0.25) is 0 Å². The molecular formula is C17H23KO2. The SMILES string of the molecule is COc1ccc([C@@]2([O-])C[C@H]3CC[C@]2(C)C3(C)C)cc1.[K+]. The summed E-state index contributed by atoms with van der Waals surface area (Å²) in [4.78, 5) is 0. The monoisotopic (exact) mass is 298 g/mol. The van der Waals surface area contributed by atoms with Gasteiger partial charge < -0.3 is 9.84 Å². The maximum absolute atomic E-state index is 13.6. The van der Waals surface area contributed by atoms with Crippen molar-refractivity contribution in [2.45, 2.75) is 45.6 Å². The normalized spacial score (nSPS) is 37.5. The van der Waals surface area contributed by atoms with E-state index in [0.717, 1.165) is 24.2 Å². The quantitative estimate of drug-likeness (QED) is 0.726. The fourth-order valence-electron chi connectivity index (χ4n) is 4.54. The number of methoxy groups -OCH3 is 1. The van der Waals surface area contributed by atoms with Gasteiger partial charge in [0.05, 0.1) is 7.11 Å². The van der Waals surface area contributed by atoms with Crippen LogP contribution in [-0.4, -0.2) is 7.11 Å². The summed E-state index contributed by atoms with van der Waals surface area (Å²) in [5.41, 5.74) is 0.00525. The van der Waals surface area contributed by atoms with Gasteiger partial charge in [0, 0.05) is 0 Å². The van der Waals surface area contributed by atoms with Crippen molar-refractivity contribution in [3.05, 3.63) is 29.8 Å². The number of ether oxygens (including phenoxy) is 1. The minimum Gasteiger partial charge on any atom is -0.846 e. The molecular weight excluding hydrogens is 275 g/mol. The third kappa shape index (κ3) is 2.01. The van der Waals surface area contributed by atoms with Gasteiger partial charge in [-0.25, -0.2) is 0 Å². The Balaban J connectivity index is 0.00000147. The predicted molar refractivity (Wildman–Crippen MR) is 73.9 cm³/mol. The first-order valence-electron chi connectivity index (χ1n) is 7.20. The molecule has 2 bridgehead atoms. The van der Waals surface area contributed by atoms with Gasteiger partial charge in [-0.2, -0.15) is 0 Å². The van der Waals surface area contributed by atoms with Crippen molar-refractivity contribution in [1.29, 1.82) is 0 Å². The molecule has 0 aliphatic heterocycles. The van der Waals surface area contributed by atoms with E-state index >= 15 is 0 Å². The second-order valence-corrected chi connectivity index (χ2v) is 7.05. The summed E-state index contributed by atoms with van der Waals surface area (Å²) in [7, 11) is 1.66. The Morgan fingerprint density at radius 1 is 1.15 bits per heavy atom. The summed E-state index contributed by atoms with van der Waals surface area (Å²) >= 11 is 0. The van der Waals surface area contributed by atoms with Crippen LogP contribution in [0.15, 0.2) is 24.3 Å². The number of hydrogen-bond donors (Lipinski definition) is 0. The van der Waals surface area contributed by atoms with Crippen molar-refractivity contribution < 1.29 is 61.2 Å². The van der Waals surface area contributed by atoms with Gasteiger partial charge in [-0.1, -0.05) is 50.5 Å². The average Bonchev–Trinajstić information content (AvgIpc) is 2.71. The molecule has 0 radical (unpaired) electrons. The maximum Gasteiger partial charge on any atom is 1.00 e. The van der Waals surface area contributed by atoms with E-state index in [1.165, 1.54) is 6.42 Å². The van der Waals surface area contributed by atoms with Gasteiger partial charge in [0.15, 0.2) is 0 Å². The van der Waals surface area contributed by atoms with Crippen LogP contribution in [0.5, 0.6) is 5.75 Å². The van der Waals surface area contributed by atoms with Crippen LogP contribution >= 0.6 is 0 Å². The van der Waals surface area contributed by atoms with Crippen LogP contribution in [0, 0.1) is 16.7 Å². The Labute approximate surface area is 164 Å². The summed E-state index contributed by atoms with van der Waals surface area (Å²) in [5, 5.41) is 13.6. The molecule has 3 rings (SSSR count). The molecule has 2 fully saturated rings. The van der Waals surface area contributed by atoms with Crippen LogP contribution in [0.1, 0.15) is 45.6 Å². The zero-order valence-electron chi connectivity index (χ0n) is 13.3. The van der Waals surface area contributed by atoms with Crippen LogP contribution in [-0.2, 0) is 5.60 Å². The molecule has 0 aromatic heterocycles. The summed E-state index contributed by atoms with van der Waals surface area (Å²) < 4.78 is 5.19. The molecule has 1 aromatic rings. The number of rotatable bonds is 2. The Morgan fingerprint density at radius 2 is 1.75 bits per heavy atom. The molecule has 2 aliphatic rings. The summed E-state index contributed by atoms with van der Waals surface area (Å²) in [5.74, 6) is 1.39. The largest absolute Gasteiger partial charge is 1.00 e. The summed E-state index contributed by atoms with van der Waals surface area (Å²) in [6, 6.07) is 7.76. The molecule has 0 heterocycles. The fraction of sp³-hybridized carbons (Fsp3) is 0.647. The molecule has 104 valence electrons. The van der Waals surface area contributed by atoms with Crippen LogP contribution in [0.4, 0.5) is 0 Å². The van der Waals surface area contributed by atoms with E-state index in [1.54, 1.807) is 7.11 Å². The molecule has 2 nitrogen and oxygen atoms in total. The molecule has 2 aliphatic carbocycles. The van der Waals surface area contributed by atoms with E-state index in [-0.39, 0.29) is 62.2 Å². The van der Waals surface area contributed by atoms with Gasteiger partial charge in [0.25, 0.3) is 0 Å². The zero-order chi connectivity index (χ0) is 13.9. The van der Waals surface area contributed by atoms with Crippen LogP contribution < -0.4 is 61.2 Å². The fourth-order valence-corrected chi connectivity index (χ4v) is 4.54. The third-order valence-corrected chi connectivity index (χ3v) is 6.42. The van der Waals surface area contributed by atoms with Crippen molar-refractivity contribution in [2.24, 2.45) is 16.7 Å². The summed E-state index contributed by atoms with van der Waals surface area (Å²) in [6.45, 7) is 6.78. The number of hydrogen-bond acceptors (Lipinski definition) is 2.